The van der Waals surface area contributed by atoms with E-state index in [2.05, 4.69) is 0 Å². The van der Waals surface area contributed by atoms with Crippen LogP contribution in [0.4, 0.5) is 5.69 Å². The number of benzene rings is 1. The Balaban J connectivity index is 2.30. The van der Waals surface area contributed by atoms with Crippen molar-refractivity contribution < 1.29 is 23.8 Å². The van der Waals surface area contributed by atoms with Gasteiger partial charge in [0, 0.05) is 17.8 Å². The van der Waals surface area contributed by atoms with E-state index in [4.69, 9.17) is 19.6 Å². The Morgan fingerprint density at radius 2 is 2.11 bits per heavy atom. The predicted molar refractivity (Wildman–Crippen MR) is 96.4 cm³/mol. The van der Waals surface area contributed by atoms with Crippen molar-refractivity contribution in [1.82, 2.24) is 4.57 Å². The summed E-state index contributed by atoms with van der Waals surface area (Å²) >= 11 is 0. The van der Waals surface area contributed by atoms with E-state index >= 15 is 0 Å². The first-order valence-electron chi connectivity index (χ1n) is 7.91. The second-order valence-corrected chi connectivity index (χ2v) is 5.59. The number of nitrogens with zero attached hydrogens (tertiary/aromatic N) is 2. The van der Waals surface area contributed by atoms with E-state index in [0.717, 1.165) is 0 Å². The van der Waals surface area contributed by atoms with E-state index in [1.807, 2.05) is 6.07 Å². The summed E-state index contributed by atoms with van der Waals surface area (Å²) in [6.45, 7) is -0.242. The second-order valence-electron chi connectivity index (χ2n) is 5.59. The van der Waals surface area contributed by atoms with Gasteiger partial charge in [-0.15, -0.1) is 0 Å². The predicted octanol–water partition coefficient (Wildman–Crippen LogP) is 2.48. The molecule has 0 amide bonds. The third-order valence-corrected chi connectivity index (χ3v) is 4.09. The molecule has 0 saturated heterocycles. The summed E-state index contributed by atoms with van der Waals surface area (Å²) in [5, 5.41) is 18.6. The molecule has 0 bridgehead atoms. The summed E-state index contributed by atoms with van der Waals surface area (Å²) in [6.07, 6.45) is 1.45. The van der Waals surface area contributed by atoms with Crippen molar-refractivity contribution in [3.05, 3.63) is 53.5 Å². The third-order valence-electron chi connectivity index (χ3n) is 4.09. The van der Waals surface area contributed by atoms with Crippen LogP contribution in [0.2, 0.25) is 0 Å². The van der Waals surface area contributed by atoms with E-state index in [0.29, 0.717) is 28.5 Å². The summed E-state index contributed by atoms with van der Waals surface area (Å²) in [4.78, 5) is 12.3. The molecule has 3 N–H and O–H groups in total. The number of nitriles is 1. The van der Waals surface area contributed by atoms with Gasteiger partial charge < -0.3 is 29.3 Å². The van der Waals surface area contributed by atoms with Crippen LogP contribution in [0.3, 0.4) is 0 Å². The smallest absolute Gasteiger partial charge is 0.357 e. The zero-order chi connectivity index (χ0) is 19.6. The number of nitrogens with two attached hydrogens (primary N) is 1. The molecule has 3 rings (SSSR count). The molecule has 0 aliphatic rings. The van der Waals surface area contributed by atoms with Crippen molar-refractivity contribution in [2.75, 3.05) is 20.0 Å². The number of carbonyl (C=O) groups excluding carboxylic acids is 1. The summed E-state index contributed by atoms with van der Waals surface area (Å²) in [6, 6.07) is 10.5. The van der Waals surface area contributed by atoms with Crippen molar-refractivity contribution in [1.29, 1.82) is 5.26 Å². The van der Waals surface area contributed by atoms with Gasteiger partial charge in [0.2, 0.25) is 0 Å². The Morgan fingerprint density at radius 1 is 1.33 bits per heavy atom. The summed E-state index contributed by atoms with van der Waals surface area (Å²) in [7, 11) is 2.75. The van der Waals surface area contributed by atoms with Crippen LogP contribution in [0.25, 0.3) is 17.0 Å². The van der Waals surface area contributed by atoms with Gasteiger partial charge in [0.15, 0.2) is 5.69 Å². The fourth-order valence-electron chi connectivity index (χ4n) is 2.76. The Morgan fingerprint density at radius 3 is 2.70 bits per heavy atom. The highest BCUT2D eigenvalue weighted by Gasteiger charge is 2.24. The molecule has 8 nitrogen and oxygen atoms in total. The zero-order valence-corrected chi connectivity index (χ0v) is 14.7. The average molecular weight is 367 g/mol. The summed E-state index contributed by atoms with van der Waals surface area (Å²) in [5.41, 5.74) is 7.28. The SMILES string of the molecule is COC(=O)c1c(N)c(C#N)cn1-c1cc(OC)ccc1-c1ccc(CO)o1. The lowest BCUT2D eigenvalue weighted by Crippen LogP contribution is -2.11. The monoisotopic (exact) mass is 367 g/mol. The van der Waals surface area contributed by atoms with Crippen LogP contribution < -0.4 is 10.5 Å². The zero-order valence-electron chi connectivity index (χ0n) is 14.7. The minimum absolute atomic E-state index is 0.0219. The number of rotatable bonds is 5. The summed E-state index contributed by atoms with van der Waals surface area (Å²) in [5.74, 6) is 0.713. The molecule has 0 unspecified atom stereocenters. The number of nitrogen functional groups attached to an aromatic ring is 1. The highest BCUT2D eigenvalue weighted by Crippen LogP contribution is 2.35. The minimum Gasteiger partial charge on any atom is -0.497 e. The van der Waals surface area contributed by atoms with Gasteiger partial charge in [0.25, 0.3) is 0 Å². The highest BCUT2D eigenvalue weighted by molar-refractivity contribution is 5.96. The first kappa shape index (κ1) is 18.1. The number of hydrogen-bond donors (Lipinski definition) is 2. The van der Waals surface area contributed by atoms with Gasteiger partial charge in [0.1, 0.15) is 29.9 Å². The number of furan rings is 1. The average Bonchev–Trinajstić information content (AvgIpc) is 3.31. The molecule has 0 saturated carbocycles. The van der Waals surface area contributed by atoms with Gasteiger partial charge in [-0.1, -0.05) is 0 Å². The van der Waals surface area contributed by atoms with Crippen LogP contribution in [-0.4, -0.2) is 29.9 Å². The molecule has 2 heterocycles. The molecule has 0 spiro atoms. The first-order valence-corrected chi connectivity index (χ1v) is 7.91. The Kier molecular flexibility index (Phi) is 4.88. The van der Waals surface area contributed by atoms with Crippen LogP contribution in [-0.2, 0) is 11.3 Å². The number of methoxy groups -OCH3 is 2. The number of esters is 1. The molecule has 138 valence electrons. The molecular formula is C19H17N3O5. The molecule has 0 fully saturated rings. The minimum atomic E-state index is -0.682. The van der Waals surface area contributed by atoms with Gasteiger partial charge in [-0.25, -0.2) is 4.79 Å². The molecule has 0 aliphatic heterocycles. The molecule has 0 radical (unpaired) electrons. The Labute approximate surface area is 154 Å². The van der Waals surface area contributed by atoms with E-state index in [9.17, 15) is 15.2 Å². The van der Waals surface area contributed by atoms with Gasteiger partial charge >= 0.3 is 5.97 Å². The van der Waals surface area contributed by atoms with Crippen LogP contribution >= 0.6 is 0 Å². The van der Waals surface area contributed by atoms with Crippen molar-refractivity contribution >= 4 is 11.7 Å². The third kappa shape index (κ3) is 3.12. The maximum Gasteiger partial charge on any atom is 0.357 e. The number of hydrogen-bond acceptors (Lipinski definition) is 7. The lowest BCUT2D eigenvalue weighted by atomic mass is 10.1. The fourth-order valence-corrected chi connectivity index (χ4v) is 2.76. The maximum atomic E-state index is 12.3. The van der Waals surface area contributed by atoms with Gasteiger partial charge in [0.05, 0.1) is 31.2 Å². The Hall–Kier alpha value is -3.70. The quantitative estimate of drug-likeness (QED) is 0.664. The molecule has 3 aromatic rings. The molecular weight excluding hydrogens is 350 g/mol. The van der Waals surface area contributed by atoms with Gasteiger partial charge in [-0.3, -0.25) is 0 Å². The van der Waals surface area contributed by atoms with E-state index < -0.39 is 5.97 Å². The van der Waals surface area contributed by atoms with Crippen LogP contribution in [0.1, 0.15) is 21.8 Å². The normalized spacial score (nSPS) is 10.4. The van der Waals surface area contributed by atoms with Crippen molar-refractivity contribution in [3.8, 4) is 28.8 Å². The fraction of sp³-hybridized carbons (Fsp3) is 0.158. The number of aliphatic hydroxyl groups excluding tert-OH is 1. The molecule has 2 aromatic heterocycles. The number of carbonyl (C=O) groups is 1. The largest absolute Gasteiger partial charge is 0.497 e. The van der Waals surface area contributed by atoms with Crippen molar-refractivity contribution in [2.45, 2.75) is 6.61 Å². The molecule has 0 atom stereocenters. The Bertz CT molecular complexity index is 1040. The topological polar surface area (TPSA) is 124 Å². The van der Waals surface area contributed by atoms with Gasteiger partial charge in [-0.2, -0.15) is 5.26 Å². The summed E-state index contributed by atoms with van der Waals surface area (Å²) < 4.78 is 17.2. The van der Waals surface area contributed by atoms with E-state index in [-0.39, 0.29) is 23.6 Å². The maximum absolute atomic E-state index is 12.3. The highest BCUT2D eigenvalue weighted by atomic mass is 16.5. The standard InChI is InChI=1S/C19H17N3O5/c1-25-12-3-5-14(16-6-4-13(10-23)27-16)15(7-12)22-9-11(8-20)17(21)18(22)19(24)26-2/h3-7,9,23H,10,21H2,1-2H3. The molecule has 0 aliphatic carbocycles. The van der Waals surface area contributed by atoms with Crippen LogP contribution in [0, 0.1) is 11.3 Å². The van der Waals surface area contributed by atoms with E-state index in [1.165, 1.54) is 25.0 Å². The number of ether oxygens (including phenoxy) is 2. The number of anilines is 1. The molecule has 8 heteroatoms. The van der Waals surface area contributed by atoms with E-state index in [1.54, 1.807) is 30.3 Å². The van der Waals surface area contributed by atoms with Gasteiger partial charge in [-0.05, 0) is 24.3 Å². The lowest BCUT2D eigenvalue weighted by molar-refractivity contribution is 0.0593. The van der Waals surface area contributed by atoms with Crippen molar-refractivity contribution in [2.24, 2.45) is 0 Å². The van der Waals surface area contributed by atoms with Crippen LogP contribution in [0.5, 0.6) is 5.75 Å². The number of aliphatic hydroxyl groups is 1. The van der Waals surface area contributed by atoms with Crippen molar-refractivity contribution in [3.63, 3.8) is 0 Å². The first-order chi connectivity index (χ1) is 13.0. The second kappa shape index (κ2) is 7.27. The molecule has 1 aromatic carbocycles. The van der Waals surface area contributed by atoms with Crippen LogP contribution in [0.15, 0.2) is 40.9 Å². The lowest BCUT2D eigenvalue weighted by Gasteiger charge is -2.14. The number of aromatic nitrogens is 1. The molecule has 27 heavy (non-hydrogen) atoms.